The number of aromatic nitrogens is 3. The van der Waals surface area contributed by atoms with Crippen molar-refractivity contribution in [3.63, 3.8) is 0 Å². The van der Waals surface area contributed by atoms with Gasteiger partial charge in [-0.05, 0) is 42.5 Å². The largest absolute Gasteiger partial charge is 0.489 e. The highest BCUT2D eigenvalue weighted by atomic mass is 16.5. The van der Waals surface area contributed by atoms with Crippen LogP contribution >= 0.6 is 0 Å². The number of fused-ring (bicyclic) bond motifs is 3. The van der Waals surface area contributed by atoms with Gasteiger partial charge in [0.05, 0.1) is 16.6 Å². The lowest BCUT2D eigenvalue weighted by Gasteiger charge is -2.21. The van der Waals surface area contributed by atoms with Gasteiger partial charge in [0, 0.05) is 30.2 Å². The minimum atomic E-state index is 0.480. The van der Waals surface area contributed by atoms with Crippen LogP contribution in [0.15, 0.2) is 67.3 Å². The van der Waals surface area contributed by atoms with Crippen molar-refractivity contribution >= 4 is 28.1 Å². The third-order valence-electron chi connectivity index (χ3n) is 4.67. The summed E-state index contributed by atoms with van der Waals surface area (Å²) in [5.74, 6) is 2.28. The van der Waals surface area contributed by atoms with Gasteiger partial charge >= 0.3 is 0 Å². The molecule has 0 spiro atoms. The van der Waals surface area contributed by atoms with Gasteiger partial charge in [0.15, 0.2) is 5.75 Å². The van der Waals surface area contributed by atoms with Crippen LogP contribution in [-0.2, 0) is 6.61 Å². The maximum Gasteiger partial charge on any atom is 0.155 e. The van der Waals surface area contributed by atoms with Crippen molar-refractivity contribution in [3.8, 4) is 11.5 Å². The molecule has 1 aliphatic heterocycles. The normalized spacial score (nSPS) is 12.6. The Hall–Kier alpha value is -3.87. The molecule has 0 saturated carbocycles. The molecule has 0 atom stereocenters. The van der Waals surface area contributed by atoms with E-state index >= 15 is 0 Å². The van der Waals surface area contributed by atoms with Gasteiger partial charge in [0.25, 0.3) is 0 Å². The van der Waals surface area contributed by atoms with Crippen LogP contribution in [0.4, 0.5) is 17.2 Å². The Bertz CT molecular complexity index is 1130. The Morgan fingerprint density at radius 3 is 2.86 bits per heavy atom. The van der Waals surface area contributed by atoms with E-state index < -0.39 is 0 Å². The molecule has 0 bridgehead atoms. The number of nitrogens with zero attached hydrogens (tertiary/aromatic N) is 3. The van der Waals surface area contributed by atoms with Crippen LogP contribution in [0.25, 0.3) is 10.9 Å². The zero-order chi connectivity index (χ0) is 19.5. The van der Waals surface area contributed by atoms with Crippen molar-refractivity contribution in [2.24, 2.45) is 0 Å². The molecule has 2 N–H and O–H groups in total. The number of benzene rings is 2. The molecule has 2 aromatic heterocycles. The Morgan fingerprint density at radius 2 is 2.00 bits per heavy atom. The standard InChI is InChI=1S/C22H19N5O2/c1-2-15(12-23-9-1)13-29-17-5-3-16(4-6-17)27-22-20-18(25-14-26-22)7-8-19-21(20)28-11-10-24-19/h1-9,12,14,24H,10-11,13H2,(H,25,26,27). The van der Waals surface area contributed by atoms with Crippen molar-refractivity contribution in [1.82, 2.24) is 15.0 Å². The van der Waals surface area contributed by atoms with Crippen LogP contribution < -0.4 is 20.1 Å². The summed E-state index contributed by atoms with van der Waals surface area (Å²) in [6, 6.07) is 15.6. The van der Waals surface area contributed by atoms with Crippen molar-refractivity contribution in [3.05, 3.63) is 72.8 Å². The highest BCUT2D eigenvalue weighted by Gasteiger charge is 2.17. The van der Waals surface area contributed by atoms with Gasteiger partial charge in [0.1, 0.15) is 31.1 Å². The van der Waals surface area contributed by atoms with E-state index in [0.717, 1.165) is 45.9 Å². The quantitative estimate of drug-likeness (QED) is 0.534. The van der Waals surface area contributed by atoms with Crippen molar-refractivity contribution < 1.29 is 9.47 Å². The summed E-state index contributed by atoms with van der Waals surface area (Å²) in [5.41, 5.74) is 3.72. The molecule has 3 heterocycles. The third-order valence-corrected chi connectivity index (χ3v) is 4.67. The number of pyridine rings is 1. The van der Waals surface area contributed by atoms with E-state index in [1.165, 1.54) is 0 Å². The molecule has 4 aromatic rings. The topological polar surface area (TPSA) is 81.2 Å². The van der Waals surface area contributed by atoms with Crippen LogP contribution in [-0.4, -0.2) is 28.1 Å². The summed E-state index contributed by atoms with van der Waals surface area (Å²) in [4.78, 5) is 12.9. The molecular formula is C22H19N5O2. The van der Waals surface area contributed by atoms with Crippen LogP contribution in [0.1, 0.15) is 5.56 Å². The highest BCUT2D eigenvalue weighted by Crippen LogP contribution is 2.39. The number of rotatable bonds is 5. The fourth-order valence-corrected chi connectivity index (χ4v) is 3.27. The van der Waals surface area contributed by atoms with Crippen LogP contribution in [0.3, 0.4) is 0 Å². The summed E-state index contributed by atoms with van der Waals surface area (Å²) < 4.78 is 11.7. The van der Waals surface area contributed by atoms with Gasteiger partial charge in [-0.2, -0.15) is 0 Å². The second-order valence-corrected chi connectivity index (χ2v) is 6.63. The SMILES string of the molecule is c1cncc(COc2ccc(Nc3ncnc4ccc5c(c34)OCCN5)cc2)c1. The summed E-state index contributed by atoms with van der Waals surface area (Å²) in [6.45, 7) is 1.88. The highest BCUT2D eigenvalue weighted by molar-refractivity contribution is 5.99. The fraction of sp³-hybridized carbons (Fsp3) is 0.136. The average molecular weight is 385 g/mol. The maximum atomic E-state index is 5.90. The molecule has 144 valence electrons. The first-order chi connectivity index (χ1) is 14.4. The van der Waals surface area contributed by atoms with E-state index in [9.17, 15) is 0 Å². The second kappa shape index (κ2) is 7.63. The van der Waals surface area contributed by atoms with E-state index in [0.29, 0.717) is 19.0 Å². The molecule has 29 heavy (non-hydrogen) atoms. The minimum Gasteiger partial charge on any atom is -0.489 e. The van der Waals surface area contributed by atoms with Gasteiger partial charge in [-0.3, -0.25) is 4.98 Å². The van der Waals surface area contributed by atoms with Gasteiger partial charge in [0.2, 0.25) is 0 Å². The monoisotopic (exact) mass is 385 g/mol. The zero-order valence-corrected chi connectivity index (χ0v) is 15.6. The third kappa shape index (κ3) is 3.62. The lowest BCUT2D eigenvalue weighted by Crippen LogP contribution is -2.18. The van der Waals surface area contributed by atoms with Gasteiger partial charge in [-0.1, -0.05) is 6.07 Å². The van der Waals surface area contributed by atoms with E-state index in [-0.39, 0.29) is 0 Å². The minimum absolute atomic E-state index is 0.480. The number of hydrogen-bond donors (Lipinski definition) is 2. The Morgan fingerprint density at radius 1 is 1.07 bits per heavy atom. The van der Waals surface area contributed by atoms with E-state index in [1.807, 2.05) is 48.5 Å². The molecular weight excluding hydrogens is 366 g/mol. The molecule has 0 amide bonds. The van der Waals surface area contributed by atoms with Crippen molar-refractivity contribution in [1.29, 1.82) is 0 Å². The van der Waals surface area contributed by atoms with Crippen molar-refractivity contribution in [2.45, 2.75) is 6.61 Å². The second-order valence-electron chi connectivity index (χ2n) is 6.63. The van der Waals surface area contributed by atoms with E-state index in [4.69, 9.17) is 9.47 Å². The Balaban J connectivity index is 1.37. The average Bonchev–Trinajstić information content (AvgIpc) is 2.79. The van der Waals surface area contributed by atoms with Crippen LogP contribution in [0.2, 0.25) is 0 Å². The molecule has 0 fully saturated rings. The number of nitrogens with one attached hydrogen (secondary N) is 2. The first-order valence-electron chi connectivity index (χ1n) is 9.40. The predicted octanol–water partition coefficient (Wildman–Crippen LogP) is 4.15. The summed E-state index contributed by atoms with van der Waals surface area (Å²) in [5, 5.41) is 7.59. The number of anilines is 3. The smallest absolute Gasteiger partial charge is 0.155 e. The lowest BCUT2D eigenvalue weighted by molar-refractivity contribution is 0.306. The van der Waals surface area contributed by atoms with E-state index in [2.05, 4.69) is 25.6 Å². The molecule has 7 heteroatoms. The molecule has 7 nitrogen and oxygen atoms in total. The van der Waals surface area contributed by atoms with Crippen molar-refractivity contribution in [2.75, 3.05) is 23.8 Å². The predicted molar refractivity (Wildman–Crippen MR) is 112 cm³/mol. The first-order valence-corrected chi connectivity index (χ1v) is 9.40. The Kier molecular flexibility index (Phi) is 4.54. The summed E-state index contributed by atoms with van der Waals surface area (Å²) in [6.07, 6.45) is 5.10. The molecule has 0 saturated heterocycles. The van der Waals surface area contributed by atoms with Crippen LogP contribution in [0, 0.1) is 0 Å². The van der Waals surface area contributed by atoms with E-state index in [1.54, 1.807) is 18.7 Å². The molecule has 1 aliphatic rings. The van der Waals surface area contributed by atoms with Gasteiger partial charge in [-0.25, -0.2) is 9.97 Å². The van der Waals surface area contributed by atoms with Gasteiger partial charge in [-0.15, -0.1) is 0 Å². The molecule has 5 rings (SSSR count). The Labute approximate surface area is 167 Å². The fourth-order valence-electron chi connectivity index (χ4n) is 3.27. The molecule has 0 radical (unpaired) electrons. The zero-order valence-electron chi connectivity index (χ0n) is 15.6. The number of ether oxygens (including phenoxy) is 2. The van der Waals surface area contributed by atoms with Gasteiger partial charge < -0.3 is 20.1 Å². The number of hydrogen-bond acceptors (Lipinski definition) is 7. The summed E-state index contributed by atoms with van der Waals surface area (Å²) >= 11 is 0. The maximum absolute atomic E-state index is 5.90. The summed E-state index contributed by atoms with van der Waals surface area (Å²) in [7, 11) is 0. The first kappa shape index (κ1) is 17.2. The molecule has 0 aliphatic carbocycles. The molecule has 2 aromatic carbocycles. The lowest BCUT2D eigenvalue weighted by atomic mass is 10.1. The molecule has 0 unspecified atom stereocenters. The van der Waals surface area contributed by atoms with Crippen LogP contribution in [0.5, 0.6) is 11.5 Å².